The van der Waals surface area contributed by atoms with Crippen molar-refractivity contribution in [3.05, 3.63) is 62.6 Å². The lowest BCUT2D eigenvalue weighted by Gasteiger charge is -2.10. The third kappa shape index (κ3) is 4.80. The third-order valence-corrected chi connectivity index (χ3v) is 3.94. The molecule has 0 spiro atoms. The van der Waals surface area contributed by atoms with Crippen LogP contribution in [-0.4, -0.2) is 12.5 Å². The largest absolute Gasteiger partial charge is 0.484 e. The Morgan fingerprint density at radius 3 is 2.55 bits per heavy atom. The molecule has 116 valence electrons. The summed E-state index contributed by atoms with van der Waals surface area (Å²) in [5.41, 5.74) is 1.75. The van der Waals surface area contributed by atoms with Crippen LogP contribution in [0.4, 0.5) is 0 Å². The molecule has 0 saturated heterocycles. The van der Waals surface area contributed by atoms with Gasteiger partial charge in [0.25, 0.3) is 5.91 Å². The molecule has 0 saturated carbocycles. The number of carbonyl (C=O) groups excluding carboxylic acids is 1. The molecule has 2 aromatic rings. The highest BCUT2D eigenvalue weighted by Gasteiger charge is 2.06. The molecule has 0 atom stereocenters. The Morgan fingerprint density at radius 1 is 1.09 bits per heavy atom. The normalized spacial score (nSPS) is 10.4. The van der Waals surface area contributed by atoms with Crippen molar-refractivity contribution in [2.45, 2.75) is 13.5 Å². The van der Waals surface area contributed by atoms with Crippen LogP contribution in [0.5, 0.6) is 5.75 Å². The maximum absolute atomic E-state index is 11.8. The zero-order valence-corrected chi connectivity index (χ0v) is 14.1. The Kier molecular flexibility index (Phi) is 5.95. The summed E-state index contributed by atoms with van der Waals surface area (Å²) < 4.78 is 5.47. The number of aryl methyl sites for hydroxylation is 1. The van der Waals surface area contributed by atoms with Gasteiger partial charge < -0.3 is 10.1 Å². The van der Waals surface area contributed by atoms with E-state index >= 15 is 0 Å². The SMILES string of the molecule is Cc1cc(Cl)ccc1OCC(=O)NCc1ccc(Cl)c(Cl)c1. The first kappa shape index (κ1) is 16.9. The minimum Gasteiger partial charge on any atom is -0.484 e. The van der Waals surface area contributed by atoms with Gasteiger partial charge in [-0.05, 0) is 48.4 Å². The Balaban J connectivity index is 1.84. The fourth-order valence-electron chi connectivity index (χ4n) is 1.82. The number of rotatable bonds is 5. The van der Waals surface area contributed by atoms with Gasteiger partial charge in [-0.2, -0.15) is 0 Å². The van der Waals surface area contributed by atoms with Gasteiger partial charge in [-0.15, -0.1) is 0 Å². The quantitative estimate of drug-likeness (QED) is 0.845. The van der Waals surface area contributed by atoms with Crippen molar-refractivity contribution >= 4 is 40.7 Å². The predicted molar refractivity (Wildman–Crippen MR) is 90.0 cm³/mol. The van der Waals surface area contributed by atoms with Crippen LogP contribution in [0.15, 0.2) is 36.4 Å². The van der Waals surface area contributed by atoms with E-state index in [1.54, 1.807) is 36.4 Å². The van der Waals surface area contributed by atoms with Crippen LogP contribution in [0.3, 0.4) is 0 Å². The van der Waals surface area contributed by atoms with Crippen LogP contribution < -0.4 is 10.1 Å². The molecule has 0 unspecified atom stereocenters. The second-order valence-corrected chi connectivity index (χ2v) is 5.97. The van der Waals surface area contributed by atoms with E-state index in [-0.39, 0.29) is 12.5 Å². The van der Waals surface area contributed by atoms with Gasteiger partial charge in [-0.1, -0.05) is 40.9 Å². The minimum atomic E-state index is -0.222. The second-order valence-electron chi connectivity index (χ2n) is 4.72. The second kappa shape index (κ2) is 7.73. The van der Waals surface area contributed by atoms with Crippen molar-refractivity contribution in [3.63, 3.8) is 0 Å². The van der Waals surface area contributed by atoms with Crippen LogP contribution in [0.1, 0.15) is 11.1 Å². The lowest BCUT2D eigenvalue weighted by atomic mass is 10.2. The van der Waals surface area contributed by atoms with E-state index in [0.29, 0.717) is 27.4 Å². The lowest BCUT2D eigenvalue weighted by molar-refractivity contribution is -0.123. The Bertz CT molecular complexity index is 689. The molecule has 0 bridgehead atoms. The smallest absolute Gasteiger partial charge is 0.258 e. The molecule has 2 rings (SSSR count). The number of amides is 1. The first-order valence-electron chi connectivity index (χ1n) is 6.55. The Labute approximate surface area is 144 Å². The maximum Gasteiger partial charge on any atom is 0.258 e. The summed E-state index contributed by atoms with van der Waals surface area (Å²) in [5.74, 6) is 0.412. The van der Waals surface area contributed by atoms with Crippen molar-refractivity contribution in [1.29, 1.82) is 0 Å². The molecule has 6 heteroatoms. The first-order chi connectivity index (χ1) is 10.5. The number of carbonyl (C=O) groups is 1. The van der Waals surface area contributed by atoms with Gasteiger partial charge in [0, 0.05) is 11.6 Å². The zero-order chi connectivity index (χ0) is 16.1. The monoisotopic (exact) mass is 357 g/mol. The number of halogens is 3. The highest BCUT2D eigenvalue weighted by molar-refractivity contribution is 6.42. The van der Waals surface area contributed by atoms with Gasteiger partial charge in [0.05, 0.1) is 10.0 Å². The Morgan fingerprint density at radius 2 is 1.86 bits per heavy atom. The summed E-state index contributed by atoms with van der Waals surface area (Å²) in [6.45, 7) is 2.16. The third-order valence-electron chi connectivity index (χ3n) is 2.97. The van der Waals surface area contributed by atoms with Gasteiger partial charge in [0.15, 0.2) is 6.61 Å². The summed E-state index contributed by atoms with van der Waals surface area (Å²) in [4.78, 5) is 11.8. The molecule has 22 heavy (non-hydrogen) atoms. The summed E-state index contributed by atoms with van der Waals surface area (Å²) in [7, 11) is 0. The predicted octanol–water partition coefficient (Wildman–Crippen LogP) is 4.65. The lowest BCUT2D eigenvalue weighted by Crippen LogP contribution is -2.28. The summed E-state index contributed by atoms with van der Waals surface area (Å²) in [5, 5.41) is 4.33. The van der Waals surface area contributed by atoms with Crippen LogP contribution in [0.25, 0.3) is 0 Å². The molecule has 0 aliphatic rings. The molecule has 0 aliphatic carbocycles. The molecule has 0 radical (unpaired) electrons. The molecule has 3 nitrogen and oxygen atoms in total. The summed E-state index contributed by atoms with van der Waals surface area (Å²) >= 11 is 17.6. The van der Waals surface area contributed by atoms with Gasteiger partial charge in [0.2, 0.25) is 0 Å². The van der Waals surface area contributed by atoms with Crippen LogP contribution in [-0.2, 0) is 11.3 Å². The topological polar surface area (TPSA) is 38.3 Å². The van der Waals surface area contributed by atoms with E-state index in [4.69, 9.17) is 39.5 Å². The van der Waals surface area contributed by atoms with Gasteiger partial charge in [-0.25, -0.2) is 0 Å². The molecule has 0 aromatic heterocycles. The van der Waals surface area contributed by atoms with Crippen LogP contribution in [0.2, 0.25) is 15.1 Å². The summed E-state index contributed by atoms with van der Waals surface area (Å²) in [6.07, 6.45) is 0. The average molecular weight is 359 g/mol. The number of hydrogen-bond donors (Lipinski definition) is 1. The average Bonchev–Trinajstić information content (AvgIpc) is 2.47. The zero-order valence-electron chi connectivity index (χ0n) is 11.8. The van der Waals surface area contributed by atoms with Crippen molar-refractivity contribution in [2.75, 3.05) is 6.61 Å². The fourth-order valence-corrected chi connectivity index (χ4v) is 2.37. The highest BCUT2D eigenvalue weighted by atomic mass is 35.5. The van der Waals surface area contributed by atoms with Gasteiger partial charge in [-0.3, -0.25) is 4.79 Å². The number of benzene rings is 2. The van der Waals surface area contributed by atoms with E-state index in [2.05, 4.69) is 5.32 Å². The van der Waals surface area contributed by atoms with Gasteiger partial charge in [0.1, 0.15) is 5.75 Å². The number of nitrogens with one attached hydrogen (secondary N) is 1. The first-order valence-corrected chi connectivity index (χ1v) is 7.68. The highest BCUT2D eigenvalue weighted by Crippen LogP contribution is 2.23. The maximum atomic E-state index is 11.8. The molecule has 1 amide bonds. The minimum absolute atomic E-state index is 0.0657. The fraction of sp³-hybridized carbons (Fsp3) is 0.188. The molecule has 0 aliphatic heterocycles. The molecule has 2 aromatic carbocycles. The van der Waals surface area contributed by atoms with E-state index in [1.165, 1.54) is 0 Å². The van der Waals surface area contributed by atoms with E-state index < -0.39 is 0 Å². The van der Waals surface area contributed by atoms with E-state index in [9.17, 15) is 4.79 Å². The van der Waals surface area contributed by atoms with E-state index in [0.717, 1.165) is 11.1 Å². The molecular weight excluding hydrogens is 345 g/mol. The van der Waals surface area contributed by atoms with E-state index in [1.807, 2.05) is 6.92 Å². The van der Waals surface area contributed by atoms with Crippen LogP contribution >= 0.6 is 34.8 Å². The Hall–Kier alpha value is -1.42. The standard InChI is InChI=1S/C16H14Cl3NO2/c1-10-6-12(17)3-5-15(10)22-9-16(21)20-8-11-2-4-13(18)14(19)7-11/h2-7H,8-9H2,1H3,(H,20,21). The number of hydrogen-bond acceptors (Lipinski definition) is 2. The molecule has 1 N–H and O–H groups in total. The molecule has 0 fully saturated rings. The van der Waals surface area contributed by atoms with Crippen molar-refractivity contribution in [2.24, 2.45) is 0 Å². The summed E-state index contributed by atoms with van der Waals surface area (Å²) in [6, 6.07) is 10.5. The molecular formula is C16H14Cl3NO2. The van der Waals surface area contributed by atoms with Crippen molar-refractivity contribution in [3.8, 4) is 5.75 Å². The molecule has 0 heterocycles. The van der Waals surface area contributed by atoms with Crippen molar-refractivity contribution < 1.29 is 9.53 Å². The number of ether oxygens (including phenoxy) is 1. The van der Waals surface area contributed by atoms with Crippen LogP contribution in [0, 0.1) is 6.92 Å². The van der Waals surface area contributed by atoms with Crippen molar-refractivity contribution in [1.82, 2.24) is 5.32 Å². The van der Waals surface area contributed by atoms with Gasteiger partial charge >= 0.3 is 0 Å².